The molecule has 0 radical (unpaired) electrons. The van der Waals surface area contributed by atoms with Crippen molar-refractivity contribution in [3.63, 3.8) is 0 Å². The van der Waals surface area contributed by atoms with Crippen molar-refractivity contribution in [2.24, 2.45) is 0 Å². The van der Waals surface area contributed by atoms with Crippen molar-refractivity contribution in [1.29, 1.82) is 0 Å². The standard InChI is InChI=1S/C22H28FN5O2/c1-5-6-11-24-19-9-10-20-25-14-18(28(20)27-19)15-7-8-16(17(23)12-15)13-26-21(29)30-22(2,3)4/h7-10,12,14H,5-6,11,13H2,1-4H3,(H,24,27)(H,26,29). The Morgan fingerprint density at radius 3 is 2.73 bits per heavy atom. The Morgan fingerprint density at radius 1 is 1.23 bits per heavy atom. The number of nitrogens with zero attached hydrogens (tertiary/aromatic N) is 3. The number of halogens is 1. The van der Waals surface area contributed by atoms with E-state index >= 15 is 0 Å². The summed E-state index contributed by atoms with van der Waals surface area (Å²) in [6, 6.07) is 8.62. The minimum atomic E-state index is -0.604. The van der Waals surface area contributed by atoms with Crippen LogP contribution in [0.15, 0.2) is 36.5 Å². The Kier molecular flexibility index (Phi) is 6.54. The second kappa shape index (κ2) is 9.11. The number of benzene rings is 1. The van der Waals surface area contributed by atoms with Gasteiger partial charge in [-0.25, -0.2) is 18.7 Å². The van der Waals surface area contributed by atoms with Crippen molar-refractivity contribution >= 4 is 17.6 Å². The molecule has 0 saturated heterocycles. The molecule has 0 aliphatic carbocycles. The predicted molar refractivity (Wildman–Crippen MR) is 115 cm³/mol. The number of nitrogens with one attached hydrogen (secondary N) is 2. The molecule has 3 aromatic rings. The van der Waals surface area contributed by atoms with Crippen LogP contribution in [0.2, 0.25) is 0 Å². The number of carbonyl (C=O) groups excluding carboxylic acids is 1. The van der Waals surface area contributed by atoms with Gasteiger partial charge in [0.25, 0.3) is 0 Å². The van der Waals surface area contributed by atoms with Crippen molar-refractivity contribution in [2.45, 2.75) is 52.7 Å². The van der Waals surface area contributed by atoms with Gasteiger partial charge >= 0.3 is 6.09 Å². The first kappa shape index (κ1) is 21.5. The van der Waals surface area contributed by atoms with Gasteiger partial charge in [-0.2, -0.15) is 0 Å². The molecule has 7 nitrogen and oxygen atoms in total. The number of hydrogen-bond donors (Lipinski definition) is 2. The van der Waals surface area contributed by atoms with Gasteiger partial charge in [0, 0.05) is 24.2 Å². The third-order valence-corrected chi connectivity index (χ3v) is 4.37. The van der Waals surface area contributed by atoms with Crippen LogP contribution in [-0.2, 0) is 11.3 Å². The van der Waals surface area contributed by atoms with E-state index in [-0.39, 0.29) is 6.54 Å². The molecule has 0 spiro atoms. The molecule has 1 amide bonds. The van der Waals surface area contributed by atoms with Crippen molar-refractivity contribution < 1.29 is 13.9 Å². The summed E-state index contributed by atoms with van der Waals surface area (Å²) in [6.45, 7) is 8.34. The Hall–Kier alpha value is -3.16. The van der Waals surface area contributed by atoms with Crippen LogP contribution in [0.25, 0.3) is 16.9 Å². The fourth-order valence-electron chi connectivity index (χ4n) is 2.89. The Labute approximate surface area is 175 Å². The van der Waals surface area contributed by atoms with Crippen LogP contribution in [0, 0.1) is 5.82 Å². The smallest absolute Gasteiger partial charge is 0.407 e. The number of aromatic nitrogens is 3. The molecule has 2 heterocycles. The van der Waals surface area contributed by atoms with Crippen LogP contribution in [0.5, 0.6) is 0 Å². The van der Waals surface area contributed by atoms with E-state index in [0.717, 1.165) is 25.2 Å². The highest BCUT2D eigenvalue weighted by Gasteiger charge is 2.17. The van der Waals surface area contributed by atoms with Gasteiger partial charge in [-0.05, 0) is 45.4 Å². The van der Waals surface area contributed by atoms with Crippen molar-refractivity contribution in [3.05, 3.63) is 47.9 Å². The Bertz CT molecular complexity index is 1030. The SMILES string of the molecule is CCCCNc1ccc2ncc(-c3ccc(CNC(=O)OC(C)(C)C)c(F)c3)n2n1. The van der Waals surface area contributed by atoms with Crippen molar-refractivity contribution in [2.75, 3.05) is 11.9 Å². The summed E-state index contributed by atoms with van der Waals surface area (Å²) < 4.78 is 21.5. The van der Waals surface area contributed by atoms with E-state index in [4.69, 9.17) is 4.74 Å². The van der Waals surface area contributed by atoms with E-state index in [1.165, 1.54) is 6.07 Å². The monoisotopic (exact) mass is 413 g/mol. The molecule has 2 aromatic heterocycles. The largest absolute Gasteiger partial charge is 0.444 e. The van der Waals surface area contributed by atoms with Gasteiger partial charge in [0.05, 0.1) is 11.9 Å². The quantitative estimate of drug-likeness (QED) is 0.545. The number of alkyl carbamates (subject to hydrolysis) is 1. The predicted octanol–water partition coefficient (Wildman–Crippen LogP) is 4.77. The van der Waals surface area contributed by atoms with Gasteiger partial charge in [0.2, 0.25) is 0 Å². The summed E-state index contributed by atoms with van der Waals surface area (Å²) in [5.74, 6) is 0.324. The zero-order chi connectivity index (χ0) is 21.7. The number of amides is 1. The third kappa shape index (κ3) is 5.46. The molecule has 3 rings (SSSR count). The Balaban J connectivity index is 1.76. The fourth-order valence-corrected chi connectivity index (χ4v) is 2.89. The van der Waals surface area contributed by atoms with Gasteiger partial charge < -0.3 is 15.4 Å². The number of ether oxygens (including phenoxy) is 1. The summed E-state index contributed by atoms with van der Waals surface area (Å²) in [7, 11) is 0. The minimum Gasteiger partial charge on any atom is -0.444 e. The molecule has 8 heteroatoms. The summed E-state index contributed by atoms with van der Waals surface area (Å²) >= 11 is 0. The molecule has 2 N–H and O–H groups in total. The highest BCUT2D eigenvalue weighted by Crippen LogP contribution is 2.23. The van der Waals surface area contributed by atoms with Gasteiger partial charge in [0.1, 0.15) is 17.2 Å². The van der Waals surface area contributed by atoms with Crippen molar-refractivity contribution in [3.8, 4) is 11.3 Å². The molecule has 0 atom stereocenters. The van der Waals surface area contributed by atoms with E-state index in [1.807, 2.05) is 12.1 Å². The summed E-state index contributed by atoms with van der Waals surface area (Å²) in [5, 5.41) is 10.4. The molecule has 0 saturated carbocycles. The number of carbonyl (C=O) groups is 1. The van der Waals surface area contributed by atoms with E-state index in [9.17, 15) is 9.18 Å². The molecule has 1 aromatic carbocycles. The zero-order valence-corrected chi connectivity index (χ0v) is 17.8. The highest BCUT2D eigenvalue weighted by molar-refractivity contribution is 5.68. The normalized spacial score (nSPS) is 11.5. The lowest BCUT2D eigenvalue weighted by atomic mass is 10.1. The Morgan fingerprint density at radius 2 is 2.03 bits per heavy atom. The lowest BCUT2D eigenvalue weighted by Crippen LogP contribution is -2.32. The van der Waals surface area contributed by atoms with E-state index in [2.05, 4.69) is 27.6 Å². The van der Waals surface area contributed by atoms with Crippen LogP contribution in [0.3, 0.4) is 0 Å². The zero-order valence-electron chi connectivity index (χ0n) is 17.8. The van der Waals surface area contributed by atoms with Crippen LogP contribution in [0.1, 0.15) is 46.1 Å². The maximum Gasteiger partial charge on any atom is 0.407 e. The molecule has 160 valence electrons. The van der Waals surface area contributed by atoms with Gasteiger partial charge in [0.15, 0.2) is 5.65 Å². The lowest BCUT2D eigenvalue weighted by Gasteiger charge is -2.19. The van der Waals surface area contributed by atoms with E-state index < -0.39 is 17.5 Å². The molecule has 0 aliphatic rings. The van der Waals surface area contributed by atoms with Gasteiger partial charge in [-0.3, -0.25) is 0 Å². The molecule has 0 unspecified atom stereocenters. The maximum absolute atomic E-state index is 14.7. The number of anilines is 1. The molecule has 0 aliphatic heterocycles. The highest BCUT2D eigenvalue weighted by atomic mass is 19.1. The van der Waals surface area contributed by atoms with E-state index in [1.54, 1.807) is 43.6 Å². The molecule has 0 fully saturated rings. The average molecular weight is 413 g/mol. The second-order valence-corrected chi connectivity index (χ2v) is 8.07. The summed E-state index contributed by atoms with van der Waals surface area (Å²) in [5.41, 5.74) is 1.79. The van der Waals surface area contributed by atoms with Crippen LogP contribution < -0.4 is 10.6 Å². The number of fused-ring (bicyclic) bond motifs is 1. The van der Waals surface area contributed by atoms with Crippen molar-refractivity contribution in [1.82, 2.24) is 19.9 Å². The van der Waals surface area contributed by atoms with Crippen LogP contribution in [-0.4, -0.2) is 32.8 Å². The van der Waals surface area contributed by atoms with Crippen LogP contribution >= 0.6 is 0 Å². The van der Waals surface area contributed by atoms with E-state index in [0.29, 0.717) is 22.5 Å². The fraction of sp³-hybridized carbons (Fsp3) is 0.409. The first-order valence-corrected chi connectivity index (χ1v) is 10.1. The molecular weight excluding hydrogens is 385 g/mol. The van der Waals surface area contributed by atoms with Crippen LogP contribution in [0.4, 0.5) is 15.0 Å². The third-order valence-electron chi connectivity index (χ3n) is 4.37. The number of rotatable bonds is 7. The first-order valence-electron chi connectivity index (χ1n) is 10.1. The average Bonchev–Trinajstić information content (AvgIpc) is 3.09. The number of unbranched alkanes of at least 4 members (excludes halogenated alkanes) is 1. The topological polar surface area (TPSA) is 80.5 Å². The summed E-state index contributed by atoms with van der Waals surface area (Å²) in [4.78, 5) is 16.1. The lowest BCUT2D eigenvalue weighted by molar-refractivity contribution is 0.0523. The second-order valence-electron chi connectivity index (χ2n) is 8.07. The molecule has 0 bridgehead atoms. The van der Waals surface area contributed by atoms with Gasteiger partial charge in [-0.1, -0.05) is 25.5 Å². The van der Waals surface area contributed by atoms with Gasteiger partial charge in [-0.15, -0.1) is 5.10 Å². The molecular formula is C22H28FN5O2. The minimum absolute atomic E-state index is 0.0396. The maximum atomic E-state index is 14.7. The number of imidazole rings is 1. The summed E-state index contributed by atoms with van der Waals surface area (Å²) in [6.07, 6.45) is 3.24. The first-order chi connectivity index (χ1) is 14.3. The molecule has 30 heavy (non-hydrogen) atoms. The number of hydrogen-bond acceptors (Lipinski definition) is 5.